The third kappa shape index (κ3) is 26.7. The third-order valence-electron chi connectivity index (χ3n) is 22.4. The fourth-order valence-electron chi connectivity index (χ4n) is 14.7. The summed E-state index contributed by atoms with van der Waals surface area (Å²) in [4.78, 5) is 89.2. The minimum Gasteiger partial charge on any atom is -0.469 e. The zero-order chi connectivity index (χ0) is 73.4. The van der Waals surface area contributed by atoms with Crippen LogP contribution in [0, 0.1) is 21.7 Å². The summed E-state index contributed by atoms with van der Waals surface area (Å²) < 4.78 is 9.75. The number of benzene rings is 4. The van der Waals surface area contributed by atoms with Gasteiger partial charge in [0.2, 0.25) is 5.91 Å². The minimum atomic E-state index is -0.535. The van der Waals surface area contributed by atoms with Gasteiger partial charge in [0.15, 0.2) is 0 Å². The number of carbonyl (C=O) groups excluding carboxylic acids is 6. The zero-order valence-corrected chi connectivity index (χ0v) is 62.8. The number of nitrogens with two attached hydrogens (primary N) is 4. The Morgan fingerprint density at radius 1 is 0.402 bits per heavy atom. The standard InChI is InChI=1S/C22H35N3O3.C20H32N4O.C19H30N4O.C19H29N3O3/c1-21(2,3)28-20(27)24-14-10-19(26)25-15-12-22(17-23,13-16-25)11-9-18-7-5-4-6-8-18;1-22-13-15-24(16-14-22)19(25)23-11-9-20(17-21,10-12-23)8-7-18-5-3-2-4-6-18;1-21-11-13-23(14-12-21)18(24)22-9-7-19(16-20,8-10-22)15-17-5-3-2-4-6-17;1-25-17(23)8-12-21-18(24)22-13-10-19(15-20,11-14-22)9-7-16-5-3-2-4-6-16/h4-8H,9-17,23H2,1-3H3,(H,24,27);2-6H,7-17,21H2,1H3;2-6H,7-16,20H2,1H3;2-6H,7-15,20H2,1H3,(H,21,24). The van der Waals surface area contributed by atoms with Crippen LogP contribution in [0.4, 0.5) is 19.2 Å². The van der Waals surface area contributed by atoms with Crippen LogP contribution in [0.1, 0.15) is 126 Å². The SMILES string of the molecule is CC(C)(C)OC(=O)NCCC(=O)N1CCC(CN)(CCc2ccccc2)CC1.CN1CCN(C(=O)N2CCC(CN)(CCc3ccccc3)CC2)CC1.CN1CCN(C(=O)N2CCC(CN)(Cc3ccccc3)CC2)CC1.COC(=O)CCNC(=O)N1CCC(CN)(CCc2ccccc2)CC1. The lowest BCUT2D eigenvalue weighted by Crippen LogP contribution is -2.55. The van der Waals surface area contributed by atoms with Crippen LogP contribution in [0.3, 0.4) is 0 Å². The molecule has 0 bridgehead atoms. The molecule has 6 saturated heterocycles. The van der Waals surface area contributed by atoms with Crippen molar-refractivity contribution >= 4 is 36.1 Å². The van der Waals surface area contributed by atoms with Crippen molar-refractivity contribution in [3.05, 3.63) is 144 Å². The van der Waals surface area contributed by atoms with E-state index in [0.717, 1.165) is 194 Å². The van der Waals surface area contributed by atoms with Crippen LogP contribution in [0.2, 0.25) is 0 Å². The number of piperazine rings is 2. The maximum atomic E-state index is 12.7. The van der Waals surface area contributed by atoms with Crippen LogP contribution < -0.4 is 33.6 Å². The van der Waals surface area contributed by atoms with Gasteiger partial charge in [0.25, 0.3) is 0 Å². The second kappa shape index (κ2) is 41.2. The second-order valence-corrected chi connectivity index (χ2v) is 30.7. The summed E-state index contributed by atoms with van der Waals surface area (Å²) in [7, 11) is 5.57. The van der Waals surface area contributed by atoms with Gasteiger partial charge in [-0.25, -0.2) is 19.2 Å². The molecule has 6 aliphatic rings. The average molecular weight is 1410 g/mol. The number of likely N-dealkylation sites (N-methyl/N-ethyl adjacent to an activating group) is 2. The average Bonchev–Trinajstić information content (AvgIpc) is 0.825. The van der Waals surface area contributed by atoms with Crippen molar-refractivity contribution in [2.45, 2.75) is 136 Å². The molecule has 22 nitrogen and oxygen atoms in total. The Bertz CT molecular complexity index is 3100. The molecule has 0 spiro atoms. The van der Waals surface area contributed by atoms with Gasteiger partial charge in [-0.1, -0.05) is 121 Å². The second-order valence-electron chi connectivity index (χ2n) is 30.7. The van der Waals surface area contributed by atoms with E-state index in [9.17, 15) is 28.8 Å². The minimum absolute atomic E-state index is 0.0738. The van der Waals surface area contributed by atoms with Crippen molar-refractivity contribution in [1.82, 2.24) is 49.8 Å². The number of esters is 1. The lowest BCUT2D eigenvalue weighted by molar-refractivity contribution is -0.140. The molecule has 564 valence electrons. The number of nitrogens with zero attached hydrogens (tertiary/aromatic N) is 8. The van der Waals surface area contributed by atoms with Crippen molar-refractivity contribution < 1.29 is 38.2 Å². The van der Waals surface area contributed by atoms with Gasteiger partial charge in [-0.3, -0.25) is 9.59 Å². The molecular weight excluding hydrogens is 1280 g/mol. The quantitative estimate of drug-likeness (QED) is 0.0426. The highest BCUT2D eigenvalue weighted by molar-refractivity contribution is 5.78. The van der Waals surface area contributed by atoms with Crippen LogP contribution >= 0.6 is 0 Å². The number of rotatable bonds is 21. The van der Waals surface area contributed by atoms with Crippen LogP contribution in [-0.2, 0) is 44.7 Å². The number of aryl methyl sites for hydroxylation is 3. The predicted octanol–water partition coefficient (Wildman–Crippen LogP) is 8.70. The fourth-order valence-corrected chi connectivity index (χ4v) is 14.7. The number of nitrogens with one attached hydrogen (secondary N) is 2. The molecule has 22 heteroatoms. The van der Waals surface area contributed by atoms with E-state index in [4.69, 9.17) is 27.7 Å². The number of piperidine rings is 4. The normalized spacial score (nSPS) is 18.9. The molecule has 6 heterocycles. The van der Waals surface area contributed by atoms with Crippen LogP contribution in [0.25, 0.3) is 0 Å². The van der Waals surface area contributed by atoms with Gasteiger partial charge >= 0.3 is 30.2 Å². The number of amides is 8. The van der Waals surface area contributed by atoms with Gasteiger partial charge in [-0.15, -0.1) is 0 Å². The molecule has 4 aromatic rings. The lowest BCUT2D eigenvalue weighted by Gasteiger charge is -2.43. The first-order valence-corrected chi connectivity index (χ1v) is 37.8. The van der Waals surface area contributed by atoms with Crippen LogP contribution in [0.5, 0.6) is 0 Å². The summed E-state index contributed by atoms with van der Waals surface area (Å²) in [5, 5.41) is 5.42. The largest absolute Gasteiger partial charge is 0.469 e. The maximum absolute atomic E-state index is 12.7. The van der Waals surface area contributed by atoms with Crippen LogP contribution in [0.15, 0.2) is 121 Å². The molecule has 102 heavy (non-hydrogen) atoms. The Hall–Kier alpha value is -7.34. The number of hydrogen-bond acceptors (Lipinski definition) is 14. The smallest absolute Gasteiger partial charge is 0.407 e. The van der Waals surface area contributed by atoms with Gasteiger partial charge < -0.3 is 82.2 Å². The van der Waals surface area contributed by atoms with Crippen molar-refractivity contribution in [2.24, 2.45) is 44.6 Å². The first-order chi connectivity index (χ1) is 49.0. The van der Waals surface area contributed by atoms with E-state index >= 15 is 0 Å². The number of alkyl carbamates (subject to hydrolysis) is 1. The summed E-state index contributed by atoms with van der Waals surface area (Å²) >= 11 is 0. The van der Waals surface area contributed by atoms with E-state index < -0.39 is 11.7 Å². The van der Waals surface area contributed by atoms with Gasteiger partial charge in [-0.05, 0) is 201 Å². The molecular formula is C80H126N14O8. The summed E-state index contributed by atoms with van der Waals surface area (Å²) in [6.07, 6.45) is 15.1. The molecule has 0 aromatic heterocycles. The summed E-state index contributed by atoms with van der Waals surface area (Å²) in [5.41, 5.74) is 29.9. The summed E-state index contributed by atoms with van der Waals surface area (Å²) in [6.45, 7) is 22.3. The molecule has 8 amide bonds. The van der Waals surface area contributed by atoms with Gasteiger partial charge in [0, 0.05) is 124 Å². The Kier molecular flexibility index (Phi) is 33.1. The molecule has 10 rings (SSSR count). The maximum Gasteiger partial charge on any atom is 0.407 e. The lowest BCUT2D eigenvalue weighted by atomic mass is 9.74. The molecule has 4 aromatic carbocycles. The highest BCUT2D eigenvalue weighted by atomic mass is 16.6. The first kappa shape index (κ1) is 82.0. The predicted molar refractivity (Wildman–Crippen MR) is 406 cm³/mol. The highest BCUT2D eigenvalue weighted by Gasteiger charge is 2.40. The molecule has 6 fully saturated rings. The first-order valence-electron chi connectivity index (χ1n) is 37.8. The molecule has 0 radical (unpaired) electrons. The number of ether oxygens (including phenoxy) is 2. The van der Waals surface area contributed by atoms with Crippen molar-refractivity contribution in [3.8, 4) is 0 Å². The Labute approximate surface area is 610 Å². The van der Waals surface area contributed by atoms with E-state index in [1.165, 1.54) is 29.4 Å². The van der Waals surface area contributed by atoms with E-state index in [1.807, 2.05) is 62.3 Å². The van der Waals surface area contributed by atoms with Gasteiger partial charge in [-0.2, -0.15) is 0 Å². The molecule has 6 aliphatic heterocycles. The molecule has 0 saturated carbocycles. The van der Waals surface area contributed by atoms with Crippen molar-refractivity contribution in [3.63, 3.8) is 0 Å². The van der Waals surface area contributed by atoms with E-state index in [2.05, 4.69) is 148 Å². The Balaban J connectivity index is 0.000000191. The number of carbonyl (C=O) groups is 6. The molecule has 0 aliphatic carbocycles. The van der Waals surface area contributed by atoms with Crippen molar-refractivity contribution in [2.75, 3.05) is 165 Å². The summed E-state index contributed by atoms with van der Waals surface area (Å²) in [6, 6.07) is 42.5. The molecule has 0 atom stereocenters. The monoisotopic (exact) mass is 1410 g/mol. The topological polar surface area (TPSA) is 275 Å². The molecule has 10 N–H and O–H groups in total. The Morgan fingerprint density at radius 3 is 1.06 bits per heavy atom. The molecule has 0 unspecified atom stereocenters. The van der Waals surface area contributed by atoms with Crippen LogP contribution in [-0.4, -0.2) is 246 Å². The third-order valence-corrected chi connectivity index (χ3v) is 22.4. The van der Waals surface area contributed by atoms with Gasteiger partial charge in [0.05, 0.1) is 13.5 Å². The Morgan fingerprint density at radius 2 is 0.716 bits per heavy atom. The van der Waals surface area contributed by atoms with E-state index in [-0.39, 0.29) is 58.1 Å². The number of likely N-dealkylation sites (tertiary alicyclic amines) is 4. The highest BCUT2D eigenvalue weighted by Crippen LogP contribution is 2.39. The number of urea groups is 3. The summed E-state index contributed by atoms with van der Waals surface area (Å²) in [5.74, 6) is -0.244. The number of methoxy groups -OCH3 is 1. The van der Waals surface area contributed by atoms with Gasteiger partial charge in [0.1, 0.15) is 5.60 Å². The zero-order valence-electron chi connectivity index (χ0n) is 62.8. The van der Waals surface area contributed by atoms with Crippen molar-refractivity contribution in [1.29, 1.82) is 0 Å². The fraction of sp³-hybridized carbons (Fsp3) is 0.625. The van der Waals surface area contributed by atoms with E-state index in [1.54, 1.807) is 0 Å². The van der Waals surface area contributed by atoms with E-state index in [0.29, 0.717) is 52.2 Å². The number of hydrogen-bond donors (Lipinski definition) is 6.